The monoisotopic (exact) mass is 466 g/mol. The summed E-state index contributed by atoms with van der Waals surface area (Å²) in [5, 5.41) is 8.39. The number of ether oxygens (including phenoxy) is 3. The summed E-state index contributed by atoms with van der Waals surface area (Å²) in [4.78, 5) is 17.0. The van der Waals surface area contributed by atoms with Crippen LogP contribution in [-0.4, -0.2) is 47.0 Å². The van der Waals surface area contributed by atoms with Crippen molar-refractivity contribution >= 4 is 17.7 Å². The molecule has 3 heterocycles. The largest absolute Gasteiger partial charge is 0.494 e. The number of methoxy groups -OCH3 is 3. The second kappa shape index (κ2) is 9.78. The molecule has 170 valence electrons. The Morgan fingerprint density at radius 2 is 1.76 bits per heavy atom. The number of pyridine rings is 1. The van der Waals surface area contributed by atoms with Crippen LogP contribution in [0.25, 0.3) is 17.3 Å². The van der Waals surface area contributed by atoms with Crippen LogP contribution in [0.1, 0.15) is 16.7 Å². The molecule has 0 aliphatic carbocycles. The molecule has 0 radical (unpaired) electrons. The van der Waals surface area contributed by atoms with E-state index in [0.717, 1.165) is 17.5 Å². The van der Waals surface area contributed by atoms with Gasteiger partial charge in [0.1, 0.15) is 22.9 Å². The van der Waals surface area contributed by atoms with E-state index < -0.39 is 11.2 Å². The van der Waals surface area contributed by atoms with Crippen LogP contribution in [0.15, 0.2) is 64.3 Å². The summed E-state index contributed by atoms with van der Waals surface area (Å²) in [6.07, 6.45) is 1.62. The van der Waals surface area contributed by atoms with E-state index in [4.69, 9.17) is 18.6 Å². The predicted octanol–water partition coefficient (Wildman–Crippen LogP) is 4.25. The van der Waals surface area contributed by atoms with Crippen molar-refractivity contribution in [1.82, 2.24) is 19.7 Å². The van der Waals surface area contributed by atoms with Crippen LogP contribution in [0.5, 0.6) is 11.5 Å². The second-order valence-electron chi connectivity index (χ2n) is 6.84. The first-order valence-corrected chi connectivity index (χ1v) is 10.8. The van der Waals surface area contributed by atoms with Gasteiger partial charge in [-0.2, -0.15) is 0 Å². The maximum absolute atomic E-state index is 12.7. The van der Waals surface area contributed by atoms with Crippen molar-refractivity contribution < 1.29 is 23.4 Å². The maximum atomic E-state index is 12.7. The number of thioether (sulfide) groups is 1. The number of aromatic nitrogens is 4. The highest BCUT2D eigenvalue weighted by atomic mass is 32.2. The SMILES string of the molecule is COC(=O)C(Sc1nnc(-c2ccc(C)o2)n1-c1c(OC)cccc1OC)c1ccccn1. The van der Waals surface area contributed by atoms with Gasteiger partial charge in [0, 0.05) is 6.20 Å². The van der Waals surface area contributed by atoms with E-state index in [0.29, 0.717) is 39.6 Å². The summed E-state index contributed by atoms with van der Waals surface area (Å²) < 4.78 is 23.9. The Morgan fingerprint density at radius 3 is 2.33 bits per heavy atom. The molecule has 4 aromatic rings. The van der Waals surface area contributed by atoms with Gasteiger partial charge in [-0.15, -0.1) is 10.2 Å². The van der Waals surface area contributed by atoms with Gasteiger partial charge >= 0.3 is 5.97 Å². The Morgan fingerprint density at radius 1 is 1.00 bits per heavy atom. The number of aryl methyl sites for hydroxylation is 1. The summed E-state index contributed by atoms with van der Waals surface area (Å²) in [5.74, 6) is 2.27. The number of para-hydroxylation sites is 1. The van der Waals surface area contributed by atoms with E-state index in [-0.39, 0.29) is 0 Å². The number of carbonyl (C=O) groups excluding carboxylic acids is 1. The summed E-state index contributed by atoms with van der Waals surface area (Å²) in [7, 11) is 4.47. The summed E-state index contributed by atoms with van der Waals surface area (Å²) in [6.45, 7) is 1.85. The Hall–Kier alpha value is -3.79. The Bertz CT molecular complexity index is 1230. The molecule has 0 spiro atoms. The van der Waals surface area contributed by atoms with Gasteiger partial charge in [-0.3, -0.25) is 14.3 Å². The predicted molar refractivity (Wildman–Crippen MR) is 122 cm³/mol. The molecule has 4 rings (SSSR count). The first-order valence-electron chi connectivity index (χ1n) is 9.96. The number of esters is 1. The number of nitrogens with zero attached hydrogens (tertiary/aromatic N) is 4. The highest BCUT2D eigenvalue weighted by Crippen LogP contribution is 2.42. The number of benzene rings is 1. The lowest BCUT2D eigenvalue weighted by molar-refractivity contribution is -0.140. The lowest BCUT2D eigenvalue weighted by Gasteiger charge is -2.18. The first-order chi connectivity index (χ1) is 16.1. The van der Waals surface area contributed by atoms with Gasteiger partial charge in [0.2, 0.25) is 5.82 Å². The molecule has 0 fully saturated rings. The minimum atomic E-state index is -0.772. The zero-order valence-electron chi connectivity index (χ0n) is 18.5. The molecular formula is C23H22N4O5S. The third-order valence-corrected chi connectivity index (χ3v) is 5.96. The molecule has 0 aliphatic rings. The molecule has 1 atom stereocenters. The van der Waals surface area contributed by atoms with Crippen molar-refractivity contribution in [2.45, 2.75) is 17.3 Å². The summed E-state index contributed by atoms with van der Waals surface area (Å²) in [6, 6.07) is 14.4. The van der Waals surface area contributed by atoms with Gasteiger partial charge in [0.25, 0.3) is 0 Å². The number of hydrogen-bond donors (Lipinski definition) is 0. The number of furan rings is 1. The van der Waals surface area contributed by atoms with Crippen LogP contribution in [0.2, 0.25) is 0 Å². The Balaban J connectivity index is 1.92. The Labute approximate surface area is 194 Å². The van der Waals surface area contributed by atoms with Gasteiger partial charge in [0.05, 0.1) is 27.0 Å². The molecule has 0 bridgehead atoms. The molecule has 33 heavy (non-hydrogen) atoms. The molecule has 1 unspecified atom stereocenters. The van der Waals surface area contributed by atoms with Gasteiger partial charge in [-0.25, -0.2) is 0 Å². The summed E-state index contributed by atoms with van der Waals surface area (Å²) in [5.41, 5.74) is 1.11. The molecule has 1 aromatic carbocycles. The van der Waals surface area contributed by atoms with E-state index >= 15 is 0 Å². The quantitative estimate of drug-likeness (QED) is 0.278. The third kappa shape index (κ3) is 4.42. The highest BCUT2D eigenvalue weighted by molar-refractivity contribution is 8.00. The summed E-state index contributed by atoms with van der Waals surface area (Å²) >= 11 is 1.16. The van der Waals surface area contributed by atoms with Crippen LogP contribution < -0.4 is 9.47 Å². The number of carbonyl (C=O) groups is 1. The molecule has 3 aromatic heterocycles. The van der Waals surface area contributed by atoms with Crippen LogP contribution in [0, 0.1) is 6.92 Å². The smallest absolute Gasteiger partial charge is 0.325 e. The number of rotatable bonds is 8. The van der Waals surface area contributed by atoms with Gasteiger partial charge < -0.3 is 18.6 Å². The third-order valence-electron chi connectivity index (χ3n) is 4.81. The van der Waals surface area contributed by atoms with Gasteiger partial charge in [-0.1, -0.05) is 23.9 Å². The average molecular weight is 467 g/mol. The maximum Gasteiger partial charge on any atom is 0.325 e. The fourth-order valence-electron chi connectivity index (χ4n) is 3.29. The Kier molecular flexibility index (Phi) is 6.64. The van der Waals surface area contributed by atoms with Crippen LogP contribution >= 0.6 is 11.8 Å². The van der Waals surface area contributed by atoms with E-state index in [9.17, 15) is 4.79 Å². The topological polar surface area (TPSA) is 102 Å². The molecular weight excluding hydrogens is 444 g/mol. The first kappa shape index (κ1) is 22.4. The molecule has 0 amide bonds. The van der Waals surface area contributed by atoms with Crippen molar-refractivity contribution in [1.29, 1.82) is 0 Å². The zero-order chi connectivity index (χ0) is 23.4. The molecule has 0 N–H and O–H groups in total. The van der Waals surface area contributed by atoms with Crippen LogP contribution in [0.3, 0.4) is 0 Å². The number of hydrogen-bond acceptors (Lipinski definition) is 9. The van der Waals surface area contributed by atoms with E-state index in [2.05, 4.69) is 15.2 Å². The van der Waals surface area contributed by atoms with Crippen molar-refractivity contribution in [3.05, 3.63) is 66.2 Å². The average Bonchev–Trinajstić information content (AvgIpc) is 3.47. The van der Waals surface area contributed by atoms with Crippen molar-refractivity contribution in [2.75, 3.05) is 21.3 Å². The molecule has 9 nitrogen and oxygen atoms in total. The van der Waals surface area contributed by atoms with E-state index in [1.165, 1.54) is 7.11 Å². The molecule has 10 heteroatoms. The van der Waals surface area contributed by atoms with Crippen LogP contribution in [-0.2, 0) is 9.53 Å². The standard InChI is InChI=1S/C23H22N4O5S/c1-14-11-12-18(32-14)21-25-26-23(27(21)19-16(29-2)9-7-10-17(19)30-3)33-20(22(28)31-4)15-8-5-6-13-24-15/h5-13,20H,1-4H3. The fraction of sp³-hybridized carbons (Fsp3) is 0.217. The van der Waals surface area contributed by atoms with Crippen molar-refractivity contribution in [3.63, 3.8) is 0 Å². The van der Waals surface area contributed by atoms with E-state index in [1.54, 1.807) is 49.2 Å². The minimum Gasteiger partial charge on any atom is -0.494 e. The van der Waals surface area contributed by atoms with Gasteiger partial charge in [0.15, 0.2) is 16.2 Å². The van der Waals surface area contributed by atoms with Crippen molar-refractivity contribution in [2.24, 2.45) is 0 Å². The fourth-order valence-corrected chi connectivity index (χ4v) is 4.32. The molecule has 0 saturated heterocycles. The van der Waals surface area contributed by atoms with Crippen LogP contribution in [0.4, 0.5) is 0 Å². The molecule has 0 saturated carbocycles. The van der Waals surface area contributed by atoms with Crippen molar-refractivity contribution in [3.8, 4) is 28.8 Å². The highest BCUT2D eigenvalue weighted by Gasteiger charge is 2.30. The second-order valence-corrected chi connectivity index (χ2v) is 7.91. The minimum absolute atomic E-state index is 0.405. The van der Waals surface area contributed by atoms with E-state index in [1.807, 2.05) is 31.2 Å². The molecule has 0 aliphatic heterocycles. The normalized spacial score (nSPS) is 11.8. The lowest BCUT2D eigenvalue weighted by atomic mass is 10.2. The van der Waals surface area contributed by atoms with Gasteiger partial charge in [-0.05, 0) is 43.3 Å². The zero-order valence-corrected chi connectivity index (χ0v) is 19.3. The lowest BCUT2D eigenvalue weighted by Crippen LogP contribution is -2.14.